The maximum atomic E-state index is 13.2. The van der Waals surface area contributed by atoms with Gasteiger partial charge in [-0.3, -0.25) is 0 Å². The number of carbonyl (C=O) groups is 1. The van der Waals surface area contributed by atoms with Gasteiger partial charge >= 0.3 is 5.97 Å². The van der Waals surface area contributed by atoms with Crippen molar-refractivity contribution in [2.45, 2.75) is 0 Å². The maximum absolute atomic E-state index is 13.2. The van der Waals surface area contributed by atoms with E-state index in [9.17, 15) is 9.18 Å². The highest BCUT2D eigenvalue weighted by molar-refractivity contribution is 5.89. The molecule has 2 aromatic rings. The summed E-state index contributed by atoms with van der Waals surface area (Å²) in [6.07, 6.45) is 0. The minimum Gasteiger partial charge on any atom is -0.478 e. The lowest BCUT2D eigenvalue weighted by molar-refractivity contribution is 0.0692. The Bertz CT molecular complexity index is 521. The fraction of sp³-hybridized carbons (Fsp3) is 0. The van der Waals surface area contributed by atoms with Crippen LogP contribution in [-0.4, -0.2) is 11.1 Å². The first-order valence-electron chi connectivity index (χ1n) is 4.77. The van der Waals surface area contributed by atoms with Crippen molar-refractivity contribution < 1.29 is 14.3 Å². The van der Waals surface area contributed by atoms with E-state index in [1.54, 1.807) is 6.07 Å². The van der Waals surface area contributed by atoms with Crippen LogP contribution in [-0.2, 0) is 0 Å². The van der Waals surface area contributed by atoms with Gasteiger partial charge in [-0.25, -0.2) is 9.18 Å². The molecule has 0 aliphatic heterocycles. The molecule has 0 unspecified atom stereocenters. The molecule has 0 atom stereocenters. The summed E-state index contributed by atoms with van der Waals surface area (Å²) < 4.78 is 13.2. The van der Waals surface area contributed by atoms with Gasteiger partial charge in [0.15, 0.2) is 0 Å². The SMILES string of the molecule is O=C(O)c1cc(-c2ccccc2)ccc1F. The van der Waals surface area contributed by atoms with Gasteiger partial charge in [-0.15, -0.1) is 0 Å². The van der Waals surface area contributed by atoms with Crippen LogP contribution in [0, 0.1) is 5.82 Å². The number of carboxylic acids is 1. The Morgan fingerprint density at radius 1 is 1.00 bits per heavy atom. The van der Waals surface area contributed by atoms with Crippen molar-refractivity contribution in [3.05, 3.63) is 59.9 Å². The number of hydrogen-bond donors (Lipinski definition) is 1. The molecule has 80 valence electrons. The first-order valence-corrected chi connectivity index (χ1v) is 4.77. The van der Waals surface area contributed by atoms with Crippen LogP contribution in [0.15, 0.2) is 48.5 Å². The Labute approximate surface area is 92.0 Å². The molecular formula is C13H9FO2. The van der Waals surface area contributed by atoms with Gasteiger partial charge in [0.1, 0.15) is 5.82 Å². The zero-order chi connectivity index (χ0) is 11.5. The summed E-state index contributed by atoms with van der Waals surface area (Å²) in [6, 6.07) is 13.3. The molecule has 0 bridgehead atoms. The lowest BCUT2D eigenvalue weighted by Gasteiger charge is -2.03. The number of halogens is 1. The van der Waals surface area contributed by atoms with E-state index in [0.29, 0.717) is 5.56 Å². The number of benzene rings is 2. The molecule has 0 aliphatic carbocycles. The summed E-state index contributed by atoms with van der Waals surface area (Å²) in [6.45, 7) is 0. The van der Waals surface area contributed by atoms with Gasteiger partial charge in [-0.05, 0) is 23.3 Å². The average molecular weight is 216 g/mol. The van der Waals surface area contributed by atoms with Gasteiger partial charge in [-0.1, -0.05) is 36.4 Å². The van der Waals surface area contributed by atoms with Gasteiger partial charge < -0.3 is 5.11 Å². The number of hydrogen-bond acceptors (Lipinski definition) is 1. The predicted octanol–water partition coefficient (Wildman–Crippen LogP) is 3.19. The van der Waals surface area contributed by atoms with Crippen molar-refractivity contribution in [2.24, 2.45) is 0 Å². The number of rotatable bonds is 2. The van der Waals surface area contributed by atoms with Crippen molar-refractivity contribution >= 4 is 5.97 Å². The Hall–Kier alpha value is -2.16. The Kier molecular flexibility index (Phi) is 2.68. The third-order valence-electron chi connectivity index (χ3n) is 2.30. The molecule has 3 heteroatoms. The van der Waals surface area contributed by atoms with Gasteiger partial charge in [0.25, 0.3) is 0 Å². The zero-order valence-corrected chi connectivity index (χ0v) is 8.35. The first kappa shape index (κ1) is 10.4. The van der Waals surface area contributed by atoms with Gasteiger partial charge in [0.05, 0.1) is 5.56 Å². The fourth-order valence-corrected chi connectivity index (χ4v) is 1.50. The second-order valence-corrected chi connectivity index (χ2v) is 3.37. The van der Waals surface area contributed by atoms with E-state index in [2.05, 4.69) is 0 Å². The molecule has 2 aromatic carbocycles. The summed E-state index contributed by atoms with van der Waals surface area (Å²) in [5.74, 6) is -1.97. The molecule has 2 rings (SSSR count). The van der Waals surface area contributed by atoms with Crippen LogP contribution in [0.4, 0.5) is 4.39 Å². The van der Waals surface area contributed by atoms with E-state index in [4.69, 9.17) is 5.11 Å². The molecule has 0 radical (unpaired) electrons. The predicted molar refractivity (Wildman–Crippen MR) is 58.8 cm³/mol. The molecule has 16 heavy (non-hydrogen) atoms. The van der Waals surface area contributed by atoms with E-state index < -0.39 is 11.8 Å². The highest BCUT2D eigenvalue weighted by Crippen LogP contribution is 2.21. The third kappa shape index (κ3) is 1.93. The second kappa shape index (κ2) is 4.14. The van der Waals surface area contributed by atoms with Crippen LogP contribution in [0.25, 0.3) is 11.1 Å². The molecule has 0 aliphatic rings. The first-order chi connectivity index (χ1) is 7.68. The van der Waals surface area contributed by atoms with Crippen LogP contribution in [0.5, 0.6) is 0 Å². The van der Waals surface area contributed by atoms with Crippen molar-refractivity contribution in [1.82, 2.24) is 0 Å². The van der Waals surface area contributed by atoms with Crippen LogP contribution in [0.3, 0.4) is 0 Å². The smallest absolute Gasteiger partial charge is 0.338 e. The number of aromatic carboxylic acids is 1. The zero-order valence-electron chi connectivity index (χ0n) is 8.35. The average Bonchev–Trinajstić information content (AvgIpc) is 2.30. The molecule has 0 amide bonds. The molecule has 0 aromatic heterocycles. The second-order valence-electron chi connectivity index (χ2n) is 3.37. The quantitative estimate of drug-likeness (QED) is 0.837. The molecule has 0 spiro atoms. The lowest BCUT2D eigenvalue weighted by atomic mass is 10.0. The van der Waals surface area contributed by atoms with Crippen LogP contribution >= 0.6 is 0 Å². The van der Waals surface area contributed by atoms with Gasteiger partial charge in [0.2, 0.25) is 0 Å². The van der Waals surface area contributed by atoms with E-state index in [1.807, 2.05) is 30.3 Å². The Morgan fingerprint density at radius 2 is 1.69 bits per heavy atom. The fourth-order valence-electron chi connectivity index (χ4n) is 1.50. The van der Waals surface area contributed by atoms with Crippen molar-refractivity contribution in [1.29, 1.82) is 0 Å². The molecule has 0 heterocycles. The molecule has 0 fully saturated rings. The highest BCUT2D eigenvalue weighted by atomic mass is 19.1. The van der Waals surface area contributed by atoms with E-state index in [1.165, 1.54) is 12.1 Å². The van der Waals surface area contributed by atoms with Crippen molar-refractivity contribution in [3.8, 4) is 11.1 Å². The minimum absolute atomic E-state index is 0.304. The van der Waals surface area contributed by atoms with Crippen LogP contribution in [0.2, 0.25) is 0 Å². The monoisotopic (exact) mass is 216 g/mol. The summed E-state index contributed by atoms with van der Waals surface area (Å²) >= 11 is 0. The maximum Gasteiger partial charge on any atom is 0.338 e. The summed E-state index contributed by atoms with van der Waals surface area (Å²) in [5.41, 5.74) is 1.26. The van der Waals surface area contributed by atoms with Crippen LogP contribution < -0.4 is 0 Å². The third-order valence-corrected chi connectivity index (χ3v) is 2.30. The lowest BCUT2D eigenvalue weighted by Crippen LogP contribution is -2.00. The van der Waals surface area contributed by atoms with Crippen molar-refractivity contribution in [2.75, 3.05) is 0 Å². The van der Waals surface area contributed by atoms with Gasteiger partial charge in [0, 0.05) is 0 Å². The molecule has 0 saturated carbocycles. The summed E-state index contributed by atoms with van der Waals surface area (Å²) in [7, 11) is 0. The molecular weight excluding hydrogens is 207 g/mol. The minimum atomic E-state index is -1.25. The van der Waals surface area contributed by atoms with Crippen LogP contribution in [0.1, 0.15) is 10.4 Å². The molecule has 2 nitrogen and oxygen atoms in total. The number of carboxylic acid groups (broad SMARTS) is 1. The summed E-state index contributed by atoms with van der Waals surface area (Å²) in [4.78, 5) is 10.8. The topological polar surface area (TPSA) is 37.3 Å². The molecule has 1 N–H and O–H groups in total. The largest absolute Gasteiger partial charge is 0.478 e. The normalized spacial score (nSPS) is 10.1. The van der Waals surface area contributed by atoms with Crippen molar-refractivity contribution in [3.63, 3.8) is 0 Å². The van der Waals surface area contributed by atoms with E-state index in [0.717, 1.165) is 5.56 Å². The highest BCUT2D eigenvalue weighted by Gasteiger charge is 2.11. The molecule has 0 saturated heterocycles. The van der Waals surface area contributed by atoms with E-state index in [-0.39, 0.29) is 5.56 Å². The Balaban J connectivity index is 2.52. The standard InChI is InChI=1S/C13H9FO2/c14-12-7-6-10(8-11(12)13(15)16)9-4-2-1-3-5-9/h1-8H,(H,15,16). The van der Waals surface area contributed by atoms with E-state index >= 15 is 0 Å². The summed E-state index contributed by atoms with van der Waals surface area (Å²) in [5, 5.41) is 8.80. The Morgan fingerprint density at radius 3 is 2.31 bits per heavy atom. The van der Waals surface area contributed by atoms with Gasteiger partial charge in [-0.2, -0.15) is 0 Å².